The minimum atomic E-state index is -1.25. The van der Waals surface area contributed by atoms with Gasteiger partial charge >= 0.3 is 5.97 Å². The number of benzene rings is 1. The fourth-order valence-electron chi connectivity index (χ4n) is 2.97. The monoisotopic (exact) mass is 390 g/mol. The summed E-state index contributed by atoms with van der Waals surface area (Å²) in [6.07, 6.45) is 0.578. The Balaban J connectivity index is 1.64. The van der Waals surface area contributed by atoms with E-state index < -0.39 is 11.5 Å². The molecule has 0 bridgehead atoms. The number of carboxylic acids is 1. The second-order valence-electron chi connectivity index (χ2n) is 6.33. The van der Waals surface area contributed by atoms with Gasteiger partial charge in [0.2, 0.25) is 5.91 Å². The molecular weight excluding hydrogens is 368 g/mol. The maximum absolute atomic E-state index is 12.4. The van der Waals surface area contributed by atoms with Crippen molar-refractivity contribution in [3.8, 4) is 16.3 Å². The van der Waals surface area contributed by atoms with E-state index in [4.69, 9.17) is 9.47 Å². The largest absolute Gasteiger partial charge is 0.494 e. The molecule has 0 saturated carbocycles. The van der Waals surface area contributed by atoms with Crippen LogP contribution in [0.3, 0.4) is 0 Å². The number of aromatic nitrogens is 1. The molecule has 0 aliphatic carbocycles. The SMILES string of the molecule is CCOc1ccc(-c2nc(CC(=O)NC3(C(=O)O)CCOCC3)cs2)cc1. The molecule has 1 aromatic heterocycles. The highest BCUT2D eigenvalue weighted by atomic mass is 32.1. The summed E-state index contributed by atoms with van der Waals surface area (Å²) < 4.78 is 10.6. The van der Waals surface area contributed by atoms with Crippen molar-refractivity contribution in [1.29, 1.82) is 0 Å². The number of thiazole rings is 1. The van der Waals surface area contributed by atoms with E-state index in [1.807, 2.05) is 36.6 Å². The Labute approximate surface area is 161 Å². The molecular formula is C19H22N2O5S. The standard InChI is InChI=1S/C19H22N2O5S/c1-2-26-15-5-3-13(4-6-15)17-20-14(12-27-17)11-16(22)21-19(18(23)24)7-9-25-10-8-19/h3-6,12H,2,7-11H2,1H3,(H,21,22)(H,23,24). The third kappa shape index (κ3) is 4.64. The number of aliphatic carboxylic acids is 1. The van der Waals surface area contributed by atoms with Crippen LogP contribution in [0.25, 0.3) is 10.6 Å². The molecule has 2 aromatic rings. The predicted octanol–water partition coefficient (Wildman–Crippen LogP) is 2.50. The third-order valence-corrected chi connectivity index (χ3v) is 5.38. The van der Waals surface area contributed by atoms with Crippen LogP contribution in [0, 0.1) is 0 Å². The lowest BCUT2D eigenvalue weighted by Crippen LogP contribution is -2.57. The highest BCUT2D eigenvalue weighted by Crippen LogP contribution is 2.26. The van der Waals surface area contributed by atoms with E-state index in [0.717, 1.165) is 16.3 Å². The Kier molecular flexibility index (Phi) is 6.08. The van der Waals surface area contributed by atoms with E-state index in [0.29, 0.717) is 25.5 Å². The van der Waals surface area contributed by atoms with Gasteiger partial charge in [-0.1, -0.05) is 0 Å². The molecule has 0 spiro atoms. The zero-order chi connectivity index (χ0) is 19.3. The van der Waals surface area contributed by atoms with E-state index in [1.54, 1.807) is 0 Å². The lowest BCUT2D eigenvalue weighted by molar-refractivity contribution is -0.152. The minimum Gasteiger partial charge on any atom is -0.494 e. The van der Waals surface area contributed by atoms with E-state index in [1.165, 1.54) is 11.3 Å². The van der Waals surface area contributed by atoms with Crippen molar-refractivity contribution in [3.05, 3.63) is 35.3 Å². The van der Waals surface area contributed by atoms with Crippen LogP contribution in [0.2, 0.25) is 0 Å². The Morgan fingerprint density at radius 2 is 2.00 bits per heavy atom. The van der Waals surface area contributed by atoms with Gasteiger partial charge in [0.15, 0.2) is 0 Å². The van der Waals surface area contributed by atoms with Gasteiger partial charge in [0.25, 0.3) is 0 Å². The minimum absolute atomic E-state index is 0.0451. The van der Waals surface area contributed by atoms with Crippen LogP contribution in [-0.4, -0.2) is 47.3 Å². The number of carbonyl (C=O) groups excluding carboxylic acids is 1. The lowest BCUT2D eigenvalue weighted by atomic mass is 9.90. The smallest absolute Gasteiger partial charge is 0.329 e. The number of nitrogens with zero attached hydrogens (tertiary/aromatic N) is 1. The number of nitrogens with one attached hydrogen (secondary N) is 1. The van der Waals surface area contributed by atoms with Crippen LogP contribution in [0.4, 0.5) is 0 Å². The van der Waals surface area contributed by atoms with Crippen molar-refractivity contribution < 1.29 is 24.2 Å². The zero-order valence-corrected chi connectivity index (χ0v) is 15.9. The van der Waals surface area contributed by atoms with E-state index >= 15 is 0 Å². The predicted molar refractivity (Wildman–Crippen MR) is 101 cm³/mol. The van der Waals surface area contributed by atoms with Crippen molar-refractivity contribution in [2.24, 2.45) is 0 Å². The first-order valence-corrected chi connectivity index (χ1v) is 9.70. The van der Waals surface area contributed by atoms with Crippen LogP contribution in [0.15, 0.2) is 29.6 Å². The van der Waals surface area contributed by atoms with Gasteiger partial charge in [-0.2, -0.15) is 0 Å². The van der Waals surface area contributed by atoms with Gasteiger partial charge in [-0.3, -0.25) is 4.79 Å². The first-order valence-electron chi connectivity index (χ1n) is 8.82. The number of hydrogen-bond acceptors (Lipinski definition) is 6. The molecule has 1 amide bonds. The fraction of sp³-hybridized carbons (Fsp3) is 0.421. The Hall–Kier alpha value is -2.45. The number of carboxylic acid groups (broad SMARTS) is 1. The molecule has 27 heavy (non-hydrogen) atoms. The summed E-state index contributed by atoms with van der Waals surface area (Å²) in [5, 5.41) is 14.8. The second kappa shape index (κ2) is 8.49. The van der Waals surface area contributed by atoms with Crippen molar-refractivity contribution in [1.82, 2.24) is 10.3 Å². The summed E-state index contributed by atoms with van der Waals surface area (Å²) >= 11 is 1.45. The maximum atomic E-state index is 12.4. The molecule has 2 heterocycles. The van der Waals surface area contributed by atoms with Gasteiger partial charge in [0, 0.05) is 37.0 Å². The van der Waals surface area contributed by atoms with Crippen LogP contribution >= 0.6 is 11.3 Å². The second-order valence-corrected chi connectivity index (χ2v) is 7.18. The molecule has 1 saturated heterocycles. The summed E-state index contributed by atoms with van der Waals surface area (Å²) in [6, 6.07) is 7.62. The number of rotatable bonds is 7. The fourth-order valence-corrected chi connectivity index (χ4v) is 3.79. The Morgan fingerprint density at radius 3 is 2.63 bits per heavy atom. The molecule has 1 aromatic carbocycles. The topological polar surface area (TPSA) is 97.8 Å². The number of ether oxygens (including phenoxy) is 2. The van der Waals surface area contributed by atoms with Crippen molar-refractivity contribution in [2.75, 3.05) is 19.8 Å². The van der Waals surface area contributed by atoms with Crippen LogP contribution in [0.1, 0.15) is 25.5 Å². The molecule has 8 heteroatoms. The van der Waals surface area contributed by atoms with Crippen LogP contribution in [-0.2, 0) is 20.7 Å². The number of amides is 1. The Morgan fingerprint density at radius 1 is 1.30 bits per heavy atom. The third-order valence-electron chi connectivity index (χ3n) is 4.44. The molecule has 0 radical (unpaired) electrons. The van der Waals surface area contributed by atoms with Gasteiger partial charge in [-0.15, -0.1) is 11.3 Å². The van der Waals surface area contributed by atoms with Crippen LogP contribution in [0.5, 0.6) is 5.75 Å². The zero-order valence-electron chi connectivity index (χ0n) is 15.1. The molecule has 3 rings (SSSR count). The van der Waals surface area contributed by atoms with Gasteiger partial charge in [-0.25, -0.2) is 9.78 Å². The first-order chi connectivity index (χ1) is 13.0. The maximum Gasteiger partial charge on any atom is 0.329 e. The normalized spacial score (nSPS) is 15.9. The van der Waals surface area contributed by atoms with Gasteiger partial charge in [0.1, 0.15) is 16.3 Å². The number of carbonyl (C=O) groups is 2. The summed E-state index contributed by atoms with van der Waals surface area (Å²) in [5.74, 6) is -0.566. The molecule has 0 atom stereocenters. The summed E-state index contributed by atoms with van der Waals surface area (Å²) in [5.41, 5.74) is 0.319. The van der Waals surface area contributed by atoms with Crippen molar-refractivity contribution in [2.45, 2.75) is 31.7 Å². The summed E-state index contributed by atoms with van der Waals surface area (Å²) in [4.78, 5) is 28.5. The summed E-state index contributed by atoms with van der Waals surface area (Å²) in [7, 11) is 0. The molecule has 7 nitrogen and oxygen atoms in total. The Bertz CT molecular complexity index is 797. The molecule has 1 fully saturated rings. The highest BCUT2D eigenvalue weighted by molar-refractivity contribution is 7.13. The molecule has 144 valence electrons. The van der Waals surface area contributed by atoms with Gasteiger partial charge in [0.05, 0.1) is 18.7 Å². The van der Waals surface area contributed by atoms with Crippen molar-refractivity contribution in [3.63, 3.8) is 0 Å². The first kappa shape index (κ1) is 19.3. The average Bonchev–Trinajstić information content (AvgIpc) is 3.11. The molecule has 0 unspecified atom stereocenters. The number of hydrogen-bond donors (Lipinski definition) is 2. The molecule has 1 aliphatic rings. The average molecular weight is 390 g/mol. The quantitative estimate of drug-likeness (QED) is 0.754. The van der Waals surface area contributed by atoms with Gasteiger partial charge in [-0.05, 0) is 31.2 Å². The van der Waals surface area contributed by atoms with E-state index in [-0.39, 0.29) is 25.2 Å². The lowest BCUT2D eigenvalue weighted by Gasteiger charge is -2.33. The van der Waals surface area contributed by atoms with E-state index in [9.17, 15) is 14.7 Å². The van der Waals surface area contributed by atoms with Gasteiger partial charge < -0.3 is 19.9 Å². The molecule has 2 N–H and O–H groups in total. The summed E-state index contributed by atoms with van der Waals surface area (Å²) in [6.45, 7) is 3.19. The van der Waals surface area contributed by atoms with E-state index in [2.05, 4.69) is 10.3 Å². The molecule has 1 aliphatic heterocycles. The van der Waals surface area contributed by atoms with Crippen molar-refractivity contribution >= 4 is 23.2 Å². The van der Waals surface area contributed by atoms with Crippen LogP contribution < -0.4 is 10.1 Å². The highest BCUT2D eigenvalue weighted by Gasteiger charge is 2.41.